The zero-order chi connectivity index (χ0) is 32.2. The summed E-state index contributed by atoms with van der Waals surface area (Å²) in [5, 5.41) is 0.419. The number of hydrogen-bond acceptors (Lipinski definition) is 4. The van der Waals surface area contributed by atoms with Gasteiger partial charge in [-0.2, -0.15) is 0 Å². The molecule has 2 aliphatic rings. The Labute approximate surface area is 278 Å². The number of para-hydroxylation sites is 2. The summed E-state index contributed by atoms with van der Waals surface area (Å²) in [6.45, 7) is 6.20. The van der Waals surface area contributed by atoms with Crippen LogP contribution in [0.2, 0.25) is 10.0 Å². The molecule has 0 aromatic heterocycles. The maximum absolute atomic E-state index is 14.2. The van der Waals surface area contributed by atoms with Gasteiger partial charge >= 0.3 is 0 Å². The monoisotopic (exact) mass is 641 g/mol. The van der Waals surface area contributed by atoms with E-state index < -0.39 is 5.41 Å². The summed E-state index contributed by atoms with van der Waals surface area (Å²) < 4.78 is 6.89. The van der Waals surface area contributed by atoms with Crippen molar-refractivity contribution in [2.75, 3.05) is 4.90 Å². The van der Waals surface area contributed by atoms with Crippen LogP contribution in [0.3, 0.4) is 0 Å². The van der Waals surface area contributed by atoms with Gasteiger partial charge in [0.1, 0.15) is 11.5 Å². The minimum atomic E-state index is -0.459. The number of ketones is 1. The second kappa shape index (κ2) is 11.5. The molecule has 46 heavy (non-hydrogen) atoms. The molecule has 0 spiro atoms. The van der Waals surface area contributed by atoms with E-state index in [1.807, 2.05) is 60.7 Å². The fraction of sp³-hybridized carbons (Fsp3) is 0.100. The predicted molar refractivity (Wildman–Crippen MR) is 187 cm³/mol. The van der Waals surface area contributed by atoms with Gasteiger partial charge in [-0.15, -0.1) is 0 Å². The topological polar surface area (TPSA) is 46.6 Å². The van der Waals surface area contributed by atoms with E-state index in [0.29, 0.717) is 28.9 Å². The van der Waals surface area contributed by atoms with Crippen LogP contribution in [0.1, 0.15) is 63.7 Å². The molecule has 5 aromatic rings. The molecule has 0 fully saturated rings. The van der Waals surface area contributed by atoms with Crippen LogP contribution in [-0.2, 0) is 5.41 Å². The predicted octanol–water partition coefficient (Wildman–Crippen LogP) is 11.0. The third kappa shape index (κ3) is 4.77. The molecule has 0 amide bonds. The summed E-state index contributed by atoms with van der Waals surface area (Å²) in [5.41, 5.74) is 8.04. The molecule has 6 heteroatoms. The van der Waals surface area contributed by atoms with Crippen LogP contribution in [0.25, 0.3) is 11.3 Å². The Balaban J connectivity index is 1.51. The van der Waals surface area contributed by atoms with Crippen molar-refractivity contribution >= 4 is 63.7 Å². The van der Waals surface area contributed by atoms with Crippen molar-refractivity contribution < 1.29 is 14.3 Å². The van der Waals surface area contributed by atoms with E-state index in [9.17, 15) is 9.59 Å². The number of carbonyl (C=O) groups is 2. The molecular weight excluding hydrogens is 613 g/mol. The van der Waals surface area contributed by atoms with Gasteiger partial charge in [-0.05, 0) is 66.6 Å². The van der Waals surface area contributed by atoms with Crippen molar-refractivity contribution in [2.24, 2.45) is 0 Å². The quantitative estimate of drug-likeness (QED) is 0.109. The highest BCUT2D eigenvalue weighted by Gasteiger charge is 2.41. The standard InChI is InChI=1S/C40H29Cl2NO3/c1-24(38(45)30-21-33(42)32(41)20-26(30)23-44)29-22-36(25-12-6-4-7-13-25)46-39-28(29)18-19-35-37(39)40(2,3)31-16-10-11-17-34(31)43(35)27-14-8-5-9-15-27/h4-23H,1-3H3/b29-24-. The second-order valence-electron chi connectivity index (χ2n) is 12.0. The Morgan fingerprint density at radius 2 is 1.46 bits per heavy atom. The van der Waals surface area contributed by atoms with Gasteiger partial charge in [-0.25, -0.2) is 0 Å². The molecule has 5 aromatic carbocycles. The van der Waals surface area contributed by atoms with Gasteiger partial charge in [-0.3, -0.25) is 9.59 Å². The Kier molecular flexibility index (Phi) is 7.43. The fourth-order valence-electron chi connectivity index (χ4n) is 6.58. The van der Waals surface area contributed by atoms with Gasteiger partial charge < -0.3 is 9.64 Å². The number of rotatable bonds is 5. The van der Waals surface area contributed by atoms with Crippen LogP contribution in [0.15, 0.2) is 121 Å². The highest BCUT2D eigenvalue weighted by atomic mass is 35.5. The van der Waals surface area contributed by atoms with Gasteiger partial charge in [0.15, 0.2) is 12.1 Å². The van der Waals surface area contributed by atoms with Gasteiger partial charge in [0, 0.05) is 44.5 Å². The molecule has 2 heterocycles. The number of carbonyl (C=O) groups excluding carboxylic acids is 2. The second-order valence-corrected chi connectivity index (χ2v) is 12.8. The van der Waals surface area contributed by atoms with Gasteiger partial charge in [0.25, 0.3) is 0 Å². The lowest BCUT2D eigenvalue weighted by Gasteiger charge is -2.43. The number of hydrogen-bond donors (Lipinski definition) is 0. The van der Waals surface area contributed by atoms with Crippen LogP contribution in [-0.4, -0.2) is 12.1 Å². The largest absolute Gasteiger partial charge is 0.456 e. The third-order valence-corrected chi connectivity index (χ3v) is 9.60. The van der Waals surface area contributed by atoms with Crippen molar-refractivity contribution in [3.63, 3.8) is 0 Å². The molecular formula is C40H29Cl2NO3. The van der Waals surface area contributed by atoms with E-state index in [1.165, 1.54) is 12.1 Å². The number of anilines is 3. The highest BCUT2D eigenvalue weighted by molar-refractivity contribution is 6.42. The molecule has 0 N–H and O–H groups in total. The minimum Gasteiger partial charge on any atom is -0.456 e. The van der Waals surface area contributed by atoms with E-state index in [4.69, 9.17) is 27.9 Å². The Hall–Kier alpha value is -4.90. The van der Waals surface area contributed by atoms with Crippen LogP contribution >= 0.6 is 23.2 Å². The van der Waals surface area contributed by atoms with Crippen molar-refractivity contribution in [3.05, 3.63) is 164 Å². The zero-order valence-electron chi connectivity index (χ0n) is 25.5. The first kappa shape index (κ1) is 29.8. The van der Waals surface area contributed by atoms with Gasteiger partial charge in [0.2, 0.25) is 0 Å². The molecule has 2 aliphatic heterocycles. The lowest BCUT2D eigenvalue weighted by atomic mass is 9.71. The third-order valence-electron chi connectivity index (χ3n) is 8.88. The SMILES string of the molecule is C/C(C(=O)c1cc(Cl)c(Cl)cc1C=O)=C1\C=C(c2ccccc2)Oc2c1ccc1c2C(C)(C)c2ccccc2N1c1ccccc1. The molecule has 0 unspecified atom stereocenters. The van der Waals surface area contributed by atoms with Crippen molar-refractivity contribution in [3.8, 4) is 5.75 Å². The van der Waals surface area contributed by atoms with Gasteiger partial charge in [-0.1, -0.05) is 104 Å². The molecule has 0 saturated heterocycles. The number of allylic oxidation sites excluding steroid dienone is 3. The summed E-state index contributed by atoms with van der Waals surface area (Å²) in [4.78, 5) is 28.4. The van der Waals surface area contributed by atoms with E-state index in [-0.39, 0.29) is 27.0 Å². The van der Waals surface area contributed by atoms with E-state index >= 15 is 0 Å². The lowest BCUT2D eigenvalue weighted by Crippen LogP contribution is -2.32. The number of fused-ring (bicyclic) bond motifs is 4. The molecule has 0 aliphatic carbocycles. The number of halogens is 2. The first-order valence-corrected chi connectivity index (χ1v) is 15.7. The van der Waals surface area contributed by atoms with E-state index in [1.54, 1.807) is 6.92 Å². The first-order valence-electron chi connectivity index (χ1n) is 15.0. The molecule has 7 rings (SSSR count). The first-order chi connectivity index (χ1) is 22.2. The number of ether oxygens (including phenoxy) is 1. The Morgan fingerprint density at radius 3 is 2.17 bits per heavy atom. The molecule has 0 bridgehead atoms. The maximum Gasteiger partial charge on any atom is 0.190 e. The maximum atomic E-state index is 14.2. The number of benzene rings is 5. The summed E-state index contributed by atoms with van der Waals surface area (Å²) in [6.07, 6.45) is 2.54. The van der Waals surface area contributed by atoms with Crippen LogP contribution < -0.4 is 9.64 Å². The Bertz CT molecular complexity index is 2110. The normalized spacial score (nSPS) is 15.5. The Morgan fingerprint density at radius 1 is 0.804 bits per heavy atom. The fourth-order valence-corrected chi connectivity index (χ4v) is 6.92. The summed E-state index contributed by atoms with van der Waals surface area (Å²) in [6, 6.07) is 35.6. The number of nitrogens with zero attached hydrogens (tertiary/aromatic N) is 1. The van der Waals surface area contributed by atoms with Crippen molar-refractivity contribution in [1.29, 1.82) is 0 Å². The zero-order valence-corrected chi connectivity index (χ0v) is 27.0. The molecule has 0 radical (unpaired) electrons. The lowest BCUT2D eigenvalue weighted by molar-refractivity contribution is 0.102. The average Bonchev–Trinajstić information content (AvgIpc) is 3.08. The summed E-state index contributed by atoms with van der Waals surface area (Å²) in [7, 11) is 0. The molecule has 4 nitrogen and oxygen atoms in total. The number of Topliss-reactive ketones (excluding diaryl/α,β-unsaturated/α-hetero) is 1. The van der Waals surface area contributed by atoms with Crippen LogP contribution in [0, 0.1) is 0 Å². The molecule has 0 atom stereocenters. The van der Waals surface area contributed by atoms with E-state index in [2.05, 4.69) is 61.2 Å². The van der Waals surface area contributed by atoms with Crippen molar-refractivity contribution in [1.82, 2.24) is 0 Å². The van der Waals surface area contributed by atoms with Crippen LogP contribution in [0.4, 0.5) is 17.1 Å². The summed E-state index contributed by atoms with van der Waals surface area (Å²) >= 11 is 12.5. The van der Waals surface area contributed by atoms with E-state index in [0.717, 1.165) is 39.3 Å². The molecule has 0 saturated carbocycles. The van der Waals surface area contributed by atoms with Gasteiger partial charge in [0.05, 0.1) is 21.4 Å². The average molecular weight is 643 g/mol. The highest BCUT2D eigenvalue weighted by Crippen LogP contribution is 2.57. The van der Waals surface area contributed by atoms with Crippen LogP contribution in [0.5, 0.6) is 5.75 Å². The number of aldehydes is 1. The van der Waals surface area contributed by atoms with Crippen molar-refractivity contribution in [2.45, 2.75) is 26.2 Å². The summed E-state index contributed by atoms with van der Waals surface area (Å²) in [5.74, 6) is 0.987. The molecule has 226 valence electrons. The minimum absolute atomic E-state index is 0.181. The smallest absolute Gasteiger partial charge is 0.190 e.